The molecule has 2 heteroatoms. The third kappa shape index (κ3) is 6.51. The minimum absolute atomic E-state index is 1.10. The fourth-order valence-corrected chi connectivity index (χ4v) is 8.73. The molecule has 11 aromatic rings. The van der Waals surface area contributed by atoms with Crippen LogP contribution in [-0.4, -0.2) is 4.57 Å². The molecule has 2 nitrogen and oxygen atoms in total. The van der Waals surface area contributed by atoms with Crippen molar-refractivity contribution in [1.29, 1.82) is 0 Å². The van der Waals surface area contributed by atoms with Gasteiger partial charge in [0.15, 0.2) is 0 Å². The molecule has 1 heterocycles. The number of hydrogen-bond acceptors (Lipinski definition) is 1. The Hall–Kier alpha value is -7.94. The zero-order valence-corrected chi connectivity index (χ0v) is 33.0. The lowest BCUT2D eigenvalue weighted by atomic mass is 9.97. The first-order valence-corrected chi connectivity index (χ1v) is 20.6. The summed E-state index contributed by atoms with van der Waals surface area (Å²) in [6.45, 7) is 0. The van der Waals surface area contributed by atoms with E-state index in [-0.39, 0.29) is 0 Å². The number of benzene rings is 10. The Kier molecular flexibility index (Phi) is 8.87. The highest BCUT2D eigenvalue weighted by atomic mass is 15.1. The molecule has 0 unspecified atom stereocenters. The average Bonchev–Trinajstić information content (AvgIpc) is 3.66. The lowest BCUT2D eigenvalue weighted by Gasteiger charge is -2.26. The van der Waals surface area contributed by atoms with E-state index in [1.165, 1.54) is 82.8 Å². The van der Waals surface area contributed by atoms with Gasteiger partial charge in [-0.1, -0.05) is 164 Å². The molecule has 1 aromatic heterocycles. The van der Waals surface area contributed by atoms with Gasteiger partial charge in [0.25, 0.3) is 0 Å². The van der Waals surface area contributed by atoms with Crippen LogP contribution in [0.5, 0.6) is 0 Å². The second-order valence-corrected chi connectivity index (χ2v) is 15.4. The molecule has 0 saturated carbocycles. The fourth-order valence-electron chi connectivity index (χ4n) is 8.73. The van der Waals surface area contributed by atoms with Crippen LogP contribution in [0.25, 0.3) is 82.8 Å². The van der Waals surface area contributed by atoms with Crippen LogP contribution in [0.2, 0.25) is 0 Å². The minimum atomic E-state index is 1.10. The molecule has 10 aromatic carbocycles. The number of aromatic nitrogens is 1. The first-order valence-electron chi connectivity index (χ1n) is 20.6. The van der Waals surface area contributed by atoms with Crippen LogP contribution < -0.4 is 4.90 Å². The molecule has 0 spiro atoms. The number of anilines is 3. The third-order valence-electron chi connectivity index (χ3n) is 11.8. The van der Waals surface area contributed by atoms with Crippen molar-refractivity contribution < 1.29 is 0 Å². The molecule has 0 N–H and O–H groups in total. The van der Waals surface area contributed by atoms with E-state index in [0.29, 0.717) is 0 Å². The van der Waals surface area contributed by atoms with Crippen LogP contribution in [0.1, 0.15) is 0 Å². The predicted octanol–water partition coefficient (Wildman–Crippen LogP) is 16.1. The smallest absolute Gasteiger partial charge is 0.0541 e. The molecule has 0 fully saturated rings. The monoisotopic (exact) mass is 764 g/mol. The van der Waals surface area contributed by atoms with Crippen molar-refractivity contribution in [1.82, 2.24) is 4.57 Å². The normalized spacial score (nSPS) is 11.3. The van der Waals surface area contributed by atoms with E-state index < -0.39 is 0 Å². The minimum Gasteiger partial charge on any atom is -0.311 e. The highest BCUT2D eigenvalue weighted by Crippen LogP contribution is 2.40. The molecule has 0 amide bonds. The maximum absolute atomic E-state index is 2.37. The van der Waals surface area contributed by atoms with Gasteiger partial charge in [0.2, 0.25) is 0 Å². The predicted molar refractivity (Wildman–Crippen MR) is 255 cm³/mol. The molecule has 0 atom stereocenters. The lowest BCUT2D eigenvalue weighted by molar-refractivity contribution is 1.18. The van der Waals surface area contributed by atoms with E-state index in [1.54, 1.807) is 0 Å². The van der Waals surface area contributed by atoms with E-state index in [1.807, 2.05) is 0 Å². The Morgan fingerprint density at radius 2 is 0.633 bits per heavy atom. The molecule has 60 heavy (non-hydrogen) atoms. The zero-order valence-electron chi connectivity index (χ0n) is 33.0. The Balaban J connectivity index is 0.953. The van der Waals surface area contributed by atoms with Crippen LogP contribution in [0.3, 0.4) is 0 Å². The van der Waals surface area contributed by atoms with E-state index in [0.717, 1.165) is 17.1 Å². The second-order valence-electron chi connectivity index (χ2n) is 15.4. The van der Waals surface area contributed by atoms with Crippen LogP contribution in [0.4, 0.5) is 17.1 Å². The van der Waals surface area contributed by atoms with Gasteiger partial charge in [0.1, 0.15) is 0 Å². The lowest BCUT2D eigenvalue weighted by Crippen LogP contribution is -2.09. The van der Waals surface area contributed by atoms with Crippen molar-refractivity contribution in [2.24, 2.45) is 0 Å². The quantitative estimate of drug-likeness (QED) is 0.150. The van der Waals surface area contributed by atoms with Crippen molar-refractivity contribution in [3.63, 3.8) is 0 Å². The Bertz CT molecular complexity index is 3260. The van der Waals surface area contributed by atoms with Gasteiger partial charge in [-0.3, -0.25) is 0 Å². The van der Waals surface area contributed by atoms with Gasteiger partial charge in [-0.2, -0.15) is 0 Å². The standard InChI is InChI=1S/C58H40N2/c1-4-12-41(13-5-1)43-24-31-52(32-25-43)59(53-33-26-44(27-34-53)48-23-21-46-20-22-47(38-50(46)39-48)42-14-6-2-7-15-42)54-35-28-45(29-36-54)49-30-37-58-56(40-49)55-18-10-11-19-57(55)60(58)51-16-8-3-9-17-51/h1-40H. The van der Waals surface area contributed by atoms with Crippen molar-refractivity contribution >= 4 is 49.6 Å². The van der Waals surface area contributed by atoms with E-state index in [4.69, 9.17) is 0 Å². The van der Waals surface area contributed by atoms with E-state index in [9.17, 15) is 0 Å². The average molecular weight is 765 g/mol. The summed E-state index contributed by atoms with van der Waals surface area (Å²) in [4.78, 5) is 2.35. The molecule has 0 saturated heterocycles. The summed E-state index contributed by atoms with van der Waals surface area (Å²) >= 11 is 0. The second kappa shape index (κ2) is 15.1. The molecule has 282 valence electrons. The summed E-state index contributed by atoms with van der Waals surface area (Å²) < 4.78 is 2.37. The van der Waals surface area contributed by atoms with E-state index >= 15 is 0 Å². The van der Waals surface area contributed by atoms with Crippen molar-refractivity contribution in [3.05, 3.63) is 243 Å². The summed E-state index contributed by atoms with van der Waals surface area (Å²) in [5, 5.41) is 4.98. The maximum Gasteiger partial charge on any atom is 0.0541 e. The molecule has 0 aliphatic carbocycles. The number of rotatable bonds is 8. The largest absolute Gasteiger partial charge is 0.311 e. The fraction of sp³-hybridized carbons (Fsp3) is 0. The summed E-state index contributed by atoms with van der Waals surface area (Å²) in [6.07, 6.45) is 0. The number of fused-ring (bicyclic) bond motifs is 4. The first kappa shape index (κ1) is 35.2. The molecule has 0 bridgehead atoms. The highest BCUT2D eigenvalue weighted by Gasteiger charge is 2.16. The molecular weight excluding hydrogens is 725 g/mol. The summed E-state index contributed by atoms with van der Waals surface area (Å²) in [6, 6.07) is 87.8. The summed E-state index contributed by atoms with van der Waals surface area (Å²) in [5.74, 6) is 0. The van der Waals surface area contributed by atoms with Gasteiger partial charge in [-0.05, 0) is 134 Å². The summed E-state index contributed by atoms with van der Waals surface area (Å²) in [7, 11) is 0. The first-order chi connectivity index (χ1) is 29.7. The van der Waals surface area contributed by atoms with Crippen LogP contribution in [-0.2, 0) is 0 Å². The van der Waals surface area contributed by atoms with E-state index in [2.05, 4.69) is 252 Å². The van der Waals surface area contributed by atoms with Crippen LogP contribution in [0, 0.1) is 0 Å². The van der Waals surface area contributed by atoms with Crippen LogP contribution >= 0.6 is 0 Å². The molecule has 0 aliphatic heterocycles. The Labute approximate surface area is 350 Å². The molecule has 0 aliphatic rings. The topological polar surface area (TPSA) is 8.17 Å². The molecule has 11 rings (SSSR count). The van der Waals surface area contributed by atoms with Gasteiger partial charge in [0.05, 0.1) is 11.0 Å². The Morgan fingerprint density at radius 1 is 0.250 bits per heavy atom. The number of para-hydroxylation sites is 2. The molecule has 0 radical (unpaired) electrons. The number of nitrogens with zero attached hydrogens (tertiary/aromatic N) is 2. The Morgan fingerprint density at radius 3 is 1.18 bits per heavy atom. The van der Waals surface area contributed by atoms with Gasteiger partial charge >= 0.3 is 0 Å². The van der Waals surface area contributed by atoms with Gasteiger partial charge in [-0.25, -0.2) is 0 Å². The van der Waals surface area contributed by atoms with Gasteiger partial charge < -0.3 is 9.47 Å². The van der Waals surface area contributed by atoms with Gasteiger partial charge in [-0.15, -0.1) is 0 Å². The highest BCUT2D eigenvalue weighted by molar-refractivity contribution is 6.10. The van der Waals surface area contributed by atoms with Crippen LogP contribution in [0.15, 0.2) is 243 Å². The third-order valence-corrected chi connectivity index (χ3v) is 11.8. The van der Waals surface area contributed by atoms with Gasteiger partial charge in [0, 0.05) is 33.5 Å². The SMILES string of the molecule is c1ccc(-c2ccc(N(c3ccc(-c4ccc5ccc(-c6ccccc6)cc5c4)cc3)c3ccc(-c4ccc5c(c4)c4ccccc4n5-c4ccccc4)cc3)cc2)cc1. The number of hydrogen-bond donors (Lipinski definition) is 0. The van der Waals surface area contributed by atoms with Crippen molar-refractivity contribution in [2.45, 2.75) is 0 Å². The summed E-state index contributed by atoms with van der Waals surface area (Å²) in [5.41, 5.74) is 16.5. The van der Waals surface area contributed by atoms with Crippen molar-refractivity contribution in [3.8, 4) is 50.2 Å². The molecular formula is C58H40N2. The maximum atomic E-state index is 2.37. The zero-order chi connectivity index (χ0) is 39.8. The van der Waals surface area contributed by atoms with Crippen molar-refractivity contribution in [2.75, 3.05) is 4.90 Å².